The third kappa shape index (κ3) is 5.14. The van der Waals surface area contributed by atoms with Gasteiger partial charge in [0.25, 0.3) is 5.91 Å². The van der Waals surface area contributed by atoms with Gasteiger partial charge < -0.3 is 14.5 Å². The van der Waals surface area contributed by atoms with Crippen LogP contribution in [0.2, 0.25) is 10.0 Å². The number of rotatable bonds is 6. The molecule has 2 aromatic rings. The molecule has 0 saturated carbocycles. The Balaban J connectivity index is 1.33. The molecule has 2 saturated heterocycles. The number of hydrogen-bond donors (Lipinski definition) is 0. The molecule has 0 aromatic heterocycles. The Labute approximate surface area is 192 Å². The average Bonchev–Trinajstić information content (AvgIpc) is 3.21. The number of benzene rings is 2. The van der Waals surface area contributed by atoms with E-state index in [-0.39, 0.29) is 11.8 Å². The number of carbonyl (C=O) groups is 2. The van der Waals surface area contributed by atoms with Gasteiger partial charge in [-0.2, -0.15) is 0 Å². The summed E-state index contributed by atoms with van der Waals surface area (Å²) in [7, 11) is 0. The Morgan fingerprint density at radius 1 is 1.00 bits per heavy atom. The van der Waals surface area contributed by atoms with Gasteiger partial charge in [0.2, 0.25) is 5.91 Å². The van der Waals surface area contributed by atoms with Crippen molar-refractivity contribution in [2.75, 3.05) is 50.8 Å². The second-order valence-corrected chi connectivity index (χ2v) is 8.57. The van der Waals surface area contributed by atoms with Crippen LogP contribution in [0.15, 0.2) is 42.5 Å². The van der Waals surface area contributed by atoms with Gasteiger partial charge in [0.05, 0.1) is 16.3 Å². The molecule has 2 aliphatic rings. The molecular weight excluding hydrogens is 437 g/mol. The minimum Gasteiger partial charge on any atom is -0.491 e. The Bertz CT molecular complexity index is 961. The quantitative estimate of drug-likeness (QED) is 0.653. The highest BCUT2D eigenvalue weighted by Crippen LogP contribution is 2.30. The highest BCUT2D eigenvalue weighted by molar-refractivity contribution is 6.32. The standard InChI is InChI=1S/C23H25Cl2N3O3/c24-17-7-8-18(20(16-17)28-9-3-6-22(28)29)23(30)27-12-10-26(11-13-27)14-15-31-21-5-2-1-4-19(21)25/h1-2,4-5,7-8,16H,3,6,9-15H2. The van der Waals surface area contributed by atoms with Crippen LogP contribution in [0.25, 0.3) is 0 Å². The van der Waals surface area contributed by atoms with E-state index >= 15 is 0 Å². The third-order valence-electron chi connectivity index (χ3n) is 5.72. The molecule has 4 rings (SSSR count). The summed E-state index contributed by atoms with van der Waals surface area (Å²) in [5.41, 5.74) is 1.16. The van der Waals surface area contributed by atoms with Crippen molar-refractivity contribution in [3.63, 3.8) is 0 Å². The molecule has 0 unspecified atom stereocenters. The van der Waals surface area contributed by atoms with Crippen LogP contribution < -0.4 is 9.64 Å². The van der Waals surface area contributed by atoms with Crippen molar-refractivity contribution in [3.8, 4) is 5.75 Å². The van der Waals surface area contributed by atoms with Crippen molar-refractivity contribution in [1.82, 2.24) is 9.80 Å². The van der Waals surface area contributed by atoms with E-state index in [2.05, 4.69) is 4.90 Å². The summed E-state index contributed by atoms with van der Waals surface area (Å²) >= 11 is 12.3. The van der Waals surface area contributed by atoms with E-state index in [0.29, 0.717) is 59.7 Å². The summed E-state index contributed by atoms with van der Waals surface area (Å²) in [4.78, 5) is 31.3. The zero-order chi connectivity index (χ0) is 21.8. The van der Waals surface area contributed by atoms with E-state index in [1.54, 1.807) is 23.1 Å². The lowest BCUT2D eigenvalue weighted by molar-refractivity contribution is -0.117. The zero-order valence-corrected chi connectivity index (χ0v) is 18.7. The van der Waals surface area contributed by atoms with E-state index in [1.165, 1.54) is 0 Å². The summed E-state index contributed by atoms with van der Waals surface area (Å²) in [6, 6.07) is 12.6. The molecule has 6 nitrogen and oxygen atoms in total. The van der Waals surface area contributed by atoms with Crippen LogP contribution >= 0.6 is 23.2 Å². The largest absolute Gasteiger partial charge is 0.491 e. The molecule has 0 spiro atoms. The van der Waals surface area contributed by atoms with Crippen molar-refractivity contribution in [3.05, 3.63) is 58.1 Å². The number of anilines is 1. The second-order valence-electron chi connectivity index (χ2n) is 7.72. The molecular formula is C23H25Cl2N3O3. The molecule has 0 radical (unpaired) electrons. The monoisotopic (exact) mass is 461 g/mol. The summed E-state index contributed by atoms with van der Waals surface area (Å²) in [5.74, 6) is 0.669. The number of piperazine rings is 1. The van der Waals surface area contributed by atoms with Crippen molar-refractivity contribution in [2.45, 2.75) is 12.8 Å². The highest BCUT2D eigenvalue weighted by atomic mass is 35.5. The maximum atomic E-state index is 13.2. The summed E-state index contributed by atoms with van der Waals surface area (Å²) in [5, 5.41) is 1.13. The van der Waals surface area contributed by atoms with Gasteiger partial charge in [-0.3, -0.25) is 14.5 Å². The number of nitrogens with zero attached hydrogens (tertiary/aromatic N) is 3. The van der Waals surface area contributed by atoms with Gasteiger partial charge in [-0.05, 0) is 36.8 Å². The minimum absolute atomic E-state index is 0.0413. The predicted octanol–water partition coefficient (Wildman–Crippen LogP) is 3.96. The lowest BCUT2D eigenvalue weighted by atomic mass is 10.1. The maximum absolute atomic E-state index is 13.2. The summed E-state index contributed by atoms with van der Waals surface area (Å²) in [6.45, 7) is 4.71. The molecule has 2 amide bonds. The Morgan fingerprint density at radius 3 is 2.48 bits per heavy atom. The van der Waals surface area contributed by atoms with Crippen molar-refractivity contribution in [2.24, 2.45) is 0 Å². The van der Waals surface area contributed by atoms with Gasteiger partial charge >= 0.3 is 0 Å². The molecule has 2 aromatic carbocycles. The van der Waals surface area contributed by atoms with Crippen LogP contribution in [0.3, 0.4) is 0 Å². The lowest BCUT2D eigenvalue weighted by Gasteiger charge is -2.35. The fraction of sp³-hybridized carbons (Fsp3) is 0.391. The number of amides is 2. The van der Waals surface area contributed by atoms with Crippen LogP contribution in [0.1, 0.15) is 23.2 Å². The topological polar surface area (TPSA) is 53.1 Å². The summed E-state index contributed by atoms with van der Waals surface area (Å²) < 4.78 is 5.77. The first-order valence-electron chi connectivity index (χ1n) is 10.5. The van der Waals surface area contributed by atoms with Gasteiger partial charge in [0, 0.05) is 50.7 Å². The molecule has 2 heterocycles. The van der Waals surface area contributed by atoms with Crippen molar-refractivity contribution >= 4 is 40.7 Å². The molecule has 2 aliphatic heterocycles. The van der Waals surface area contributed by atoms with E-state index in [1.807, 2.05) is 29.2 Å². The molecule has 0 atom stereocenters. The SMILES string of the molecule is O=C(c1ccc(Cl)cc1N1CCCC1=O)N1CCN(CCOc2ccccc2Cl)CC1. The van der Waals surface area contributed by atoms with Gasteiger partial charge in [-0.1, -0.05) is 35.3 Å². The van der Waals surface area contributed by atoms with Gasteiger partial charge in [0.1, 0.15) is 12.4 Å². The molecule has 2 fully saturated rings. The molecule has 0 N–H and O–H groups in total. The van der Waals surface area contributed by atoms with Gasteiger partial charge in [-0.25, -0.2) is 0 Å². The predicted molar refractivity (Wildman–Crippen MR) is 122 cm³/mol. The number of ether oxygens (including phenoxy) is 1. The second kappa shape index (κ2) is 9.90. The average molecular weight is 462 g/mol. The van der Waals surface area contributed by atoms with Crippen LogP contribution in [0.4, 0.5) is 5.69 Å². The number of hydrogen-bond acceptors (Lipinski definition) is 4. The fourth-order valence-corrected chi connectivity index (χ4v) is 4.36. The van der Waals surface area contributed by atoms with E-state index in [9.17, 15) is 9.59 Å². The van der Waals surface area contributed by atoms with Crippen LogP contribution in [-0.4, -0.2) is 67.5 Å². The van der Waals surface area contributed by atoms with E-state index < -0.39 is 0 Å². The molecule has 0 aliphatic carbocycles. The van der Waals surface area contributed by atoms with Crippen LogP contribution in [-0.2, 0) is 4.79 Å². The molecule has 0 bridgehead atoms. The molecule has 164 valence electrons. The third-order valence-corrected chi connectivity index (χ3v) is 6.26. The normalized spacial score (nSPS) is 17.3. The van der Waals surface area contributed by atoms with E-state index in [0.717, 1.165) is 26.1 Å². The smallest absolute Gasteiger partial charge is 0.256 e. The first kappa shape index (κ1) is 21.9. The molecule has 8 heteroatoms. The Hall–Kier alpha value is -2.28. The van der Waals surface area contributed by atoms with Crippen LogP contribution in [0.5, 0.6) is 5.75 Å². The van der Waals surface area contributed by atoms with Gasteiger partial charge in [0.15, 0.2) is 0 Å². The van der Waals surface area contributed by atoms with Crippen LogP contribution in [0, 0.1) is 0 Å². The maximum Gasteiger partial charge on any atom is 0.256 e. The minimum atomic E-state index is -0.0571. The van der Waals surface area contributed by atoms with Gasteiger partial charge in [-0.15, -0.1) is 0 Å². The Morgan fingerprint density at radius 2 is 1.77 bits per heavy atom. The number of carbonyl (C=O) groups excluding carboxylic acids is 2. The summed E-state index contributed by atoms with van der Waals surface area (Å²) in [6.07, 6.45) is 1.31. The zero-order valence-electron chi connectivity index (χ0n) is 17.2. The molecule has 31 heavy (non-hydrogen) atoms. The van der Waals surface area contributed by atoms with E-state index in [4.69, 9.17) is 27.9 Å². The fourth-order valence-electron chi connectivity index (χ4n) is 4.00. The van der Waals surface area contributed by atoms with Crippen molar-refractivity contribution < 1.29 is 14.3 Å². The first-order chi connectivity index (χ1) is 15.0. The van der Waals surface area contributed by atoms with Crippen molar-refractivity contribution in [1.29, 1.82) is 0 Å². The lowest BCUT2D eigenvalue weighted by Crippen LogP contribution is -2.49. The number of para-hydroxylation sites is 1. The highest BCUT2D eigenvalue weighted by Gasteiger charge is 2.29. The Kier molecular flexibility index (Phi) is 7.00. The first-order valence-corrected chi connectivity index (χ1v) is 11.3. The number of halogens is 2.